The summed E-state index contributed by atoms with van der Waals surface area (Å²) in [6.07, 6.45) is 5.73. The summed E-state index contributed by atoms with van der Waals surface area (Å²) in [5, 5.41) is 15.4. The van der Waals surface area contributed by atoms with Gasteiger partial charge in [0.15, 0.2) is 5.16 Å². The Balaban J connectivity index is 1.30. The zero-order valence-electron chi connectivity index (χ0n) is 22.1. The summed E-state index contributed by atoms with van der Waals surface area (Å²) >= 11 is 14.3. The molecule has 1 fully saturated rings. The molecule has 2 aromatic heterocycles. The molecule has 0 N–H and O–H groups in total. The van der Waals surface area contributed by atoms with Gasteiger partial charge in [-0.15, -0.1) is 15.2 Å². The van der Waals surface area contributed by atoms with Crippen molar-refractivity contribution in [1.82, 2.24) is 24.3 Å². The van der Waals surface area contributed by atoms with E-state index in [1.165, 1.54) is 11.0 Å². The normalized spacial score (nSPS) is 18.5. The van der Waals surface area contributed by atoms with Crippen molar-refractivity contribution in [2.45, 2.75) is 43.5 Å². The van der Waals surface area contributed by atoms with Crippen molar-refractivity contribution in [1.29, 1.82) is 0 Å². The van der Waals surface area contributed by atoms with E-state index in [2.05, 4.69) is 31.4 Å². The van der Waals surface area contributed by atoms with Crippen LogP contribution in [0.2, 0.25) is 10.0 Å². The molecular formula is C26H26Cl2N6O6S. The highest BCUT2D eigenvalue weighted by Gasteiger charge is 2.46. The Hall–Kier alpha value is -3.36. The molecule has 0 aliphatic carbocycles. The van der Waals surface area contributed by atoms with Gasteiger partial charge in [0.1, 0.15) is 31.3 Å². The molecule has 41 heavy (non-hydrogen) atoms. The summed E-state index contributed by atoms with van der Waals surface area (Å²) in [6.45, 7) is 3.41. The van der Waals surface area contributed by atoms with Crippen molar-refractivity contribution >= 4 is 35.0 Å². The largest absolute Gasteiger partial charge is 0.491 e. The summed E-state index contributed by atoms with van der Waals surface area (Å²) in [5.74, 6) is -0.713. The second-order valence-corrected chi connectivity index (χ2v) is 10.7. The van der Waals surface area contributed by atoms with Crippen LogP contribution in [0.1, 0.15) is 18.9 Å². The van der Waals surface area contributed by atoms with Crippen molar-refractivity contribution in [3.63, 3.8) is 0 Å². The molecule has 0 bridgehead atoms. The lowest BCUT2D eigenvalue weighted by molar-refractivity contribution is -0.713. The van der Waals surface area contributed by atoms with Gasteiger partial charge in [-0.25, -0.2) is 14.5 Å². The number of hydrogen-bond acceptors (Lipinski definition) is 10. The quantitative estimate of drug-likeness (QED) is 0.114. The second-order valence-electron chi connectivity index (χ2n) is 9.08. The van der Waals surface area contributed by atoms with Gasteiger partial charge in [0.2, 0.25) is 5.79 Å². The number of benzene rings is 2. The van der Waals surface area contributed by atoms with Crippen LogP contribution < -0.4 is 9.57 Å². The average Bonchev–Trinajstić information content (AvgIpc) is 3.67. The molecule has 2 unspecified atom stereocenters. The summed E-state index contributed by atoms with van der Waals surface area (Å²) < 4.78 is 22.1. The van der Waals surface area contributed by atoms with Crippen LogP contribution in [-0.4, -0.2) is 55.0 Å². The van der Waals surface area contributed by atoms with Gasteiger partial charge >= 0.3 is 11.1 Å². The van der Waals surface area contributed by atoms with Crippen molar-refractivity contribution in [3.05, 3.63) is 80.7 Å². The molecule has 1 aliphatic heterocycles. The minimum atomic E-state index is -1.38. The van der Waals surface area contributed by atoms with Gasteiger partial charge in [-0.05, 0) is 49.1 Å². The smallest absolute Gasteiger partial charge is 0.327 e. The maximum atomic E-state index is 10.7. The van der Waals surface area contributed by atoms with Crippen LogP contribution >= 0.6 is 35.0 Å². The van der Waals surface area contributed by atoms with E-state index in [9.17, 15) is 10.1 Å². The maximum Gasteiger partial charge on any atom is 0.327 e. The van der Waals surface area contributed by atoms with Crippen LogP contribution in [0.25, 0.3) is 11.3 Å². The van der Waals surface area contributed by atoms with Gasteiger partial charge in [0, 0.05) is 22.7 Å². The van der Waals surface area contributed by atoms with Gasteiger partial charge in [-0.2, -0.15) is 4.98 Å². The molecule has 5 rings (SSSR count). The molecule has 4 aromatic rings. The van der Waals surface area contributed by atoms with Gasteiger partial charge in [0.05, 0.1) is 23.5 Å². The first-order valence-corrected chi connectivity index (χ1v) is 14.6. The van der Waals surface area contributed by atoms with Crippen LogP contribution in [0.15, 0.2) is 60.1 Å². The number of ether oxygens (including phenoxy) is 3. The Kier molecular flexibility index (Phi) is 9.00. The molecule has 216 valence electrons. The molecule has 0 radical (unpaired) electrons. The van der Waals surface area contributed by atoms with Crippen LogP contribution in [0, 0.1) is 10.1 Å². The lowest BCUT2D eigenvalue weighted by Gasteiger charge is -2.29. The van der Waals surface area contributed by atoms with E-state index in [0.29, 0.717) is 21.4 Å². The van der Waals surface area contributed by atoms with Crippen LogP contribution in [0.4, 0.5) is 0 Å². The van der Waals surface area contributed by atoms with E-state index in [1.54, 1.807) is 30.0 Å². The minimum Gasteiger partial charge on any atom is -0.491 e. The highest BCUT2D eigenvalue weighted by molar-refractivity contribution is 7.98. The zero-order valence-corrected chi connectivity index (χ0v) is 24.4. The van der Waals surface area contributed by atoms with Crippen molar-refractivity contribution in [2.24, 2.45) is 0 Å². The van der Waals surface area contributed by atoms with Gasteiger partial charge in [-0.3, -0.25) is 0 Å². The number of hydrogen-bond donors (Lipinski definition) is 0. The molecule has 0 amide bonds. The number of thioether (sulfide) groups is 1. The standard InChI is InChI=1S/C26H26Cl2N6O6S/c1-3-10-33-23(12-29-25(33)41-2)17-4-7-19(8-5-17)37-13-20-14-38-26(39-20,21-9-6-18(27)11-22(21)28)15-32-16-30-24(31-32)40-34(35)36/h4-9,11-12,16,20H,3,10,13-15H2,1-2H3. The van der Waals surface area contributed by atoms with Gasteiger partial charge < -0.3 is 18.8 Å². The third-order valence-corrected chi connectivity index (χ3v) is 7.52. The van der Waals surface area contributed by atoms with E-state index < -0.39 is 23.0 Å². The summed E-state index contributed by atoms with van der Waals surface area (Å²) in [6, 6.07) is 12.3. The predicted molar refractivity (Wildman–Crippen MR) is 152 cm³/mol. The van der Waals surface area contributed by atoms with Crippen LogP contribution in [0.5, 0.6) is 11.8 Å². The number of halogens is 2. The molecule has 2 atom stereocenters. The first-order chi connectivity index (χ1) is 19.8. The van der Waals surface area contributed by atoms with Gasteiger partial charge in [0.25, 0.3) is 0 Å². The van der Waals surface area contributed by atoms with E-state index in [1.807, 2.05) is 36.7 Å². The highest BCUT2D eigenvalue weighted by Crippen LogP contribution is 2.40. The molecule has 12 nitrogen and oxygen atoms in total. The molecular weight excluding hydrogens is 595 g/mol. The Bertz CT molecular complexity index is 1520. The van der Waals surface area contributed by atoms with Crippen LogP contribution in [-0.2, 0) is 28.4 Å². The molecule has 0 spiro atoms. The minimum absolute atomic E-state index is 0.0168. The lowest BCUT2D eigenvalue weighted by atomic mass is 10.1. The van der Waals surface area contributed by atoms with E-state index in [-0.39, 0.29) is 19.8 Å². The number of nitrogens with zero attached hydrogens (tertiary/aromatic N) is 6. The summed E-state index contributed by atoms with van der Waals surface area (Å²) in [4.78, 5) is 23.3. The van der Waals surface area contributed by atoms with Crippen molar-refractivity contribution in [3.8, 4) is 23.0 Å². The molecule has 15 heteroatoms. The molecule has 1 saturated heterocycles. The second kappa shape index (κ2) is 12.7. The maximum absolute atomic E-state index is 10.7. The first-order valence-electron chi connectivity index (χ1n) is 12.6. The summed E-state index contributed by atoms with van der Waals surface area (Å²) in [7, 11) is 0. The Morgan fingerprint density at radius 2 is 2.02 bits per heavy atom. The number of rotatable bonds is 12. The Morgan fingerprint density at radius 1 is 1.22 bits per heavy atom. The third kappa shape index (κ3) is 6.60. The Morgan fingerprint density at radius 3 is 2.73 bits per heavy atom. The summed E-state index contributed by atoms with van der Waals surface area (Å²) in [5.41, 5.74) is 2.61. The molecule has 2 aromatic carbocycles. The molecule has 1 aliphatic rings. The fraction of sp³-hybridized carbons (Fsp3) is 0.346. The monoisotopic (exact) mass is 620 g/mol. The van der Waals surface area contributed by atoms with E-state index in [4.69, 9.17) is 37.4 Å². The highest BCUT2D eigenvalue weighted by atomic mass is 35.5. The predicted octanol–water partition coefficient (Wildman–Crippen LogP) is 5.50. The SMILES string of the molecule is CCCn1c(-c2ccc(OCC3COC(Cn4cnc(O[N+](=O)[O-])n4)(c4ccc(Cl)cc4Cl)O3)cc2)cnc1SC. The first kappa shape index (κ1) is 29.1. The lowest BCUT2D eigenvalue weighted by Crippen LogP contribution is -2.35. The van der Waals surface area contributed by atoms with Crippen LogP contribution in [0.3, 0.4) is 0 Å². The zero-order chi connectivity index (χ0) is 29.0. The Labute approximate surface area is 249 Å². The third-order valence-electron chi connectivity index (χ3n) is 6.28. The topological polar surface area (TPSA) is 129 Å². The van der Waals surface area contributed by atoms with E-state index >= 15 is 0 Å². The average molecular weight is 622 g/mol. The fourth-order valence-corrected chi connectivity index (χ4v) is 5.65. The number of imidazole rings is 1. The fourth-order valence-electron chi connectivity index (χ4n) is 4.53. The van der Waals surface area contributed by atoms with Crippen molar-refractivity contribution < 1.29 is 24.1 Å². The number of aromatic nitrogens is 5. The van der Waals surface area contributed by atoms with E-state index in [0.717, 1.165) is 29.4 Å². The van der Waals surface area contributed by atoms with Gasteiger partial charge in [-0.1, -0.05) is 48.0 Å². The molecule has 3 heterocycles. The molecule has 0 saturated carbocycles. The van der Waals surface area contributed by atoms with Crippen molar-refractivity contribution in [2.75, 3.05) is 19.5 Å².